The second kappa shape index (κ2) is 11.5. The van der Waals surface area contributed by atoms with E-state index in [0.717, 1.165) is 26.1 Å². The van der Waals surface area contributed by atoms with Crippen LogP contribution in [0.4, 0.5) is 0 Å². The van der Waals surface area contributed by atoms with E-state index >= 15 is 0 Å². The molecule has 0 aromatic carbocycles. The molecule has 2 N–H and O–H groups in total. The molecular formula is C17H36N2O. The minimum Gasteiger partial charge on any atom is -0.377 e. The van der Waals surface area contributed by atoms with Crippen LogP contribution in [0.3, 0.4) is 0 Å². The van der Waals surface area contributed by atoms with E-state index in [4.69, 9.17) is 10.5 Å². The first-order valence-corrected chi connectivity index (χ1v) is 8.87. The summed E-state index contributed by atoms with van der Waals surface area (Å²) in [6.07, 6.45) is 12.1. The second-order valence-corrected chi connectivity index (χ2v) is 6.22. The summed E-state index contributed by atoms with van der Waals surface area (Å²) in [7, 11) is 0. The summed E-state index contributed by atoms with van der Waals surface area (Å²) in [4.78, 5) is 2.59. The van der Waals surface area contributed by atoms with Gasteiger partial charge in [-0.05, 0) is 32.2 Å². The van der Waals surface area contributed by atoms with Crippen molar-refractivity contribution in [2.24, 2.45) is 5.73 Å². The molecule has 1 aliphatic heterocycles. The van der Waals surface area contributed by atoms with E-state index in [0.29, 0.717) is 12.1 Å². The number of ether oxygens (including phenoxy) is 1. The lowest BCUT2D eigenvalue weighted by atomic mass is 10.0. The van der Waals surface area contributed by atoms with Crippen LogP contribution in [-0.2, 0) is 4.74 Å². The van der Waals surface area contributed by atoms with Crippen molar-refractivity contribution < 1.29 is 4.74 Å². The molecule has 2 unspecified atom stereocenters. The zero-order valence-corrected chi connectivity index (χ0v) is 13.8. The molecule has 1 rings (SSSR count). The van der Waals surface area contributed by atoms with Crippen molar-refractivity contribution in [1.29, 1.82) is 0 Å². The van der Waals surface area contributed by atoms with Gasteiger partial charge in [0.05, 0.1) is 6.10 Å². The van der Waals surface area contributed by atoms with E-state index in [1.807, 2.05) is 0 Å². The van der Waals surface area contributed by atoms with E-state index in [2.05, 4.69) is 18.7 Å². The molecule has 0 aliphatic carbocycles. The third-order valence-electron chi connectivity index (χ3n) is 4.40. The largest absolute Gasteiger partial charge is 0.377 e. The number of hydrogen-bond acceptors (Lipinski definition) is 3. The van der Waals surface area contributed by atoms with Crippen molar-refractivity contribution in [1.82, 2.24) is 4.90 Å². The molecule has 0 aromatic heterocycles. The van der Waals surface area contributed by atoms with Crippen LogP contribution in [0.1, 0.15) is 71.6 Å². The highest BCUT2D eigenvalue weighted by Crippen LogP contribution is 2.19. The summed E-state index contributed by atoms with van der Waals surface area (Å²) in [6.45, 7) is 8.46. The standard InChI is InChI=1S/C17H36N2O/c1-3-5-6-7-8-10-16(14-18)19-12-9-11-17(15-19)20-13-4-2/h16-17H,3-15,18H2,1-2H3. The molecule has 120 valence electrons. The fraction of sp³-hybridized carbons (Fsp3) is 1.00. The SMILES string of the molecule is CCCCCCCC(CN)N1CCCC(OCCC)C1. The zero-order chi connectivity index (χ0) is 14.6. The van der Waals surface area contributed by atoms with E-state index in [1.54, 1.807) is 0 Å². The maximum atomic E-state index is 6.01. The Balaban J connectivity index is 2.24. The zero-order valence-electron chi connectivity index (χ0n) is 13.8. The lowest BCUT2D eigenvalue weighted by molar-refractivity contribution is -0.0127. The number of rotatable bonds is 11. The fourth-order valence-electron chi connectivity index (χ4n) is 3.15. The molecule has 0 aromatic rings. The van der Waals surface area contributed by atoms with E-state index < -0.39 is 0 Å². The van der Waals surface area contributed by atoms with Crippen molar-refractivity contribution in [3.63, 3.8) is 0 Å². The summed E-state index contributed by atoms with van der Waals surface area (Å²) in [5.74, 6) is 0. The molecule has 2 atom stereocenters. The van der Waals surface area contributed by atoms with Gasteiger partial charge in [0.15, 0.2) is 0 Å². The van der Waals surface area contributed by atoms with Gasteiger partial charge < -0.3 is 10.5 Å². The molecule has 3 heteroatoms. The summed E-state index contributed by atoms with van der Waals surface area (Å²) >= 11 is 0. The molecule has 0 amide bonds. The van der Waals surface area contributed by atoms with Crippen LogP contribution in [0.2, 0.25) is 0 Å². The molecule has 1 saturated heterocycles. The molecule has 0 radical (unpaired) electrons. The van der Waals surface area contributed by atoms with Crippen LogP contribution in [0.5, 0.6) is 0 Å². The van der Waals surface area contributed by atoms with E-state index in [9.17, 15) is 0 Å². The van der Waals surface area contributed by atoms with Crippen LogP contribution < -0.4 is 5.73 Å². The van der Waals surface area contributed by atoms with Gasteiger partial charge in [0.1, 0.15) is 0 Å². The molecule has 20 heavy (non-hydrogen) atoms. The Morgan fingerprint density at radius 1 is 1.15 bits per heavy atom. The number of piperidine rings is 1. The number of hydrogen-bond donors (Lipinski definition) is 1. The van der Waals surface area contributed by atoms with E-state index in [1.165, 1.54) is 57.9 Å². The first kappa shape index (κ1) is 17.9. The maximum absolute atomic E-state index is 6.01. The van der Waals surface area contributed by atoms with Crippen molar-refractivity contribution >= 4 is 0 Å². The Morgan fingerprint density at radius 2 is 1.95 bits per heavy atom. The van der Waals surface area contributed by atoms with Gasteiger partial charge in [-0.3, -0.25) is 4.90 Å². The molecular weight excluding hydrogens is 248 g/mol. The summed E-state index contributed by atoms with van der Waals surface area (Å²) in [5, 5.41) is 0. The Hall–Kier alpha value is -0.120. The third-order valence-corrected chi connectivity index (χ3v) is 4.40. The van der Waals surface area contributed by atoms with Gasteiger partial charge in [-0.25, -0.2) is 0 Å². The van der Waals surface area contributed by atoms with Gasteiger partial charge in [-0.2, -0.15) is 0 Å². The minimum atomic E-state index is 0.442. The molecule has 0 bridgehead atoms. The minimum absolute atomic E-state index is 0.442. The number of unbranched alkanes of at least 4 members (excludes halogenated alkanes) is 4. The maximum Gasteiger partial charge on any atom is 0.0702 e. The molecule has 0 saturated carbocycles. The molecule has 1 heterocycles. The molecule has 1 aliphatic rings. The number of nitrogens with zero attached hydrogens (tertiary/aromatic N) is 1. The quantitative estimate of drug-likeness (QED) is 0.590. The Bertz CT molecular complexity index is 223. The van der Waals surface area contributed by atoms with E-state index in [-0.39, 0.29) is 0 Å². The molecule has 3 nitrogen and oxygen atoms in total. The Labute approximate surface area is 126 Å². The number of nitrogens with two attached hydrogens (primary N) is 1. The highest BCUT2D eigenvalue weighted by molar-refractivity contribution is 4.80. The van der Waals surface area contributed by atoms with Gasteiger partial charge in [-0.15, -0.1) is 0 Å². The number of likely N-dealkylation sites (tertiary alicyclic amines) is 1. The van der Waals surface area contributed by atoms with Gasteiger partial charge in [0.25, 0.3) is 0 Å². The lowest BCUT2D eigenvalue weighted by Gasteiger charge is -2.37. The van der Waals surface area contributed by atoms with Gasteiger partial charge in [0.2, 0.25) is 0 Å². The molecule has 0 spiro atoms. The van der Waals surface area contributed by atoms with Crippen LogP contribution >= 0.6 is 0 Å². The summed E-state index contributed by atoms with van der Waals surface area (Å²) < 4.78 is 5.93. The van der Waals surface area contributed by atoms with Crippen molar-refractivity contribution in [3.8, 4) is 0 Å². The first-order chi connectivity index (χ1) is 9.81. The van der Waals surface area contributed by atoms with Crippen LogP contribution in [0.25, 0.3) is 0 Å². The topological polar surface area (TPSA) is 38.5 Å². The van der Waals surface area contributed by atoms with Crippen LogP contribution in [-0.4, -0.2) is 43.3 Å². The third kappa shape index (κ3) is 7.05. The normalized spacial score (nSPS) is 22.1. The van der Waals surface area contributed by atoms with Crippen molar-refractivity contribution in [2.75, 3.05) is 26.2 Å². The highest BCUT2D eigenvalue weighted by Gasteiger charge is 2.25. The van der Waals surface area contributed by atoms with Crippen LogP contribution in [0, 0.1) is 0 Å². The van der Waals surface area contributed by atoms with Crippen LogP contribution in [0.15, 0.2) is 0 Å². The summed E-state index contributed by atoms with van der Waals surface area (Å²) in [6, 6.07) is 0.574. The second-order valence-electron chi connectivity index (χ2n) is 6.22. The fourth-order valence-corrected chi connectivity index (χ4v) is 3.15. The molecule has 1 fully saturated rings. The average molecular weight is 284 g/mol. The lowest BCUT2D eigenvalue weighted by Crippen LogP contribution is -2.48. The van der Waals surface area contributed by atoms with Crippen molar-refractivity contribution in [2.45, 2.75) is 83.8 Å². The highest BCUT2D eigenvalue weighted by atomic mass is 16.5. The predicted octanol–water partition coefficient (Wildman–Crippen LogP) is 3.57. The monoisotopic (exact) mass is 284 g/mol. The Morgan fingerprint density at radius 3 is 2.65 bits per heavy atom. The Kier molecular flexibility index (Phi) is 10.3. The predicted molar refractivity (Wildman–Crippen MR) is 87.1 cm³/mol. The smallest absolute Gasteiger partial charge is 0.0702 e. The van der Waals surface area contributed by atoms with Crippen molar-refractivity contribution in [3.05, 3.63) is 0 Å². The summed E-state index contributed by atoms with van der Waals surface area (Å²) in [5.41, 5.74) is 6.01. The first-order valence-electron chi connectivity index (χ1n) is 8.87. The van der Waals surface area contributed by atoms with Gasteiger partial charge >= 0.3 is 0 Å². The van der Waals surface area contributed by atoms with Gasteiger partial charge in [-0.1, -0.05) is 46.0 Å². The average Bonchev–Trinajstić information content (AvgIpc) is 2.49. The van der Waals surface area contributed by atoms with Gasteiger partial charge in [0, 0.05) is 25.7 Å².